The fraction of sp³-hybridized carbons (Fsp3) is 1.00. The van der Waals surface area contributed by atoms with Crippen molar-refractivity contribution < 1.29 is 61.3 Å². The molecule has 0 aromatic carbocycles. The van der Waals surface area contributed by atoms with Gasteiger partial charge in [0.2, 0.25) is 0 Å². The normalized spacial score (nSPS) is 17.6. The molecule has 0 amide bonds. The summed E-state index contributed by atoms with van der Waals surface area (Å²) in [6.45, 7) is -7.50. The first-order valence-electron chi connectivity index (χ1n) is 2.63. The van der Waals surface area contributed by atoms with Crippen molar-refractivity contribution in [2.45, 2.75) is 11.7 Å². The summed E-state index contributed by atoms with van der Waals surface area (Å²) >= 11 is 0. The summed E-state index contributed by atoms with van der Waals surface area (Å²) in [5, 5.41) is 0. The van der Waals surface area contributed by atoms with Gasteiger partial charge in [-0.1, -0.05) is 0 Å². The Hall–Kier alpha value is 0.704. The molecule has 0 aromatic rings. The molecule has 0 spiro atoms. The van der Waals surface area contributed by atoms with E-state index in [9.17, 15) is 26.3 Å². The Labute approximate surface area is 89.6 Å². The maximum atomic E-state index is 11.6. The average Bonchev–Trinajstić information content (AvgIpc) is 1.48. The summed E-state index contributed by atoms with van der Waals surface area (Å²) in [7, 11) is -4.45. The van der Waals surface area contributed by atoms with E-state index in [0.29, 0.717) is 0 Å². The van der Waals surface area contributed by atoms with E-state index in [1.54, 1.807) is 0 Å². The molecule has 0 radical (unpaired) electrons. The summed E-state index contributed by atoms with van der Waals surface area (Å²) in [6, 6.07) is 0. The van der Waals surface area contributed by atoms with Crippen molar-refractivity contribution in [2.75, 3.05) is 0 Å². The Balaban J connectivity index is -0.000000720. The van der Waals surface area contributed by atoms with E-state index in [1.807, 2.05) is 0 Å². The van der Waals surface area contributed by atoms with Gasteiger partial charge in [0.25, 0.3) is 0 Å². The number of hydrogen-bond donors (Lipinski definition) is 3. The van der Waals surface area contributed by atoms with Gasteiger partial charge in [-0.2, -0.15) is 0 Å². The van der Waals surface area contributed by atoms with Gasteiger partial charge < -0.3 is 1.43 Å². The molecular formula is C2H6F6LiO3PSi. The number of rotatable bonds is 1. The molecule has 12 heteroatoms. The number of alkyl halides is 6. The molecule has 0 heterocycles. The molecule has 0 bridgehead atoms. The monoisotopic (exact) mass is 258 g/mol. The zero-order chi connectivity index (χ0) is 11.2. The zero-order valence-electron chi connectivity index (χ0n) is 7.76. The van der Waals surface area contributed by atoms with E-state index in [-0.39, 0.29) is 20.3 Å². The van der Waals surface area contributed by atoms with Crippen molar-refractivity contribution in [3.8, 4) is 0 Å². The van der Waals surface area contributed by atoms with E-state index < -0.39 is 27.7 Å². The molecule has 0 aliphatic carbocycles. The van der Waals surface area contributed by atoms with Crippen LogP contribution in [0, 0.1) is 0 Å². The molecule has 14 heavy (non-hydrogen) atoms. The SMILES string of the molecule is OP(O)(O)([SiH2]C(F)(F)F)C(F)(F)F.[H-].[Li+]. The summed E-state index contributed by atoms with van der Waals surface area (Å²) in [6.07, 6.45) is 0. The molecule has 3 nitrogen and oxygen atoms in total. The third-order valence-electron chi connectivity index (χ3n) is 0.990. The number of halogens is 6. The second-order valence-corrected chi connectivity index (χ2v) is 10.8. The van der Waals surface area contributed by atoms with Crippen LogP contribution in [0.3, 0.4) is 0 Å². The van der Waals surface area contributed by atoms with Crippen LogP contribution in [0.15, 0.2) is 0 Å². The van der Waals surface area contributed by atoms with Crippen LogP contribution in [0.2, 0.25) is 0 Å². The Bertz CT molecular complexity index is 211. The predicted molar refractivity (Wildman–Crippen MR) is 35.3 cm³/mol. The van der Waals surface area contributed by atoms with Crippen LogP contribution < -0.4 is 18.9 Å². The van der Waals surface area contributed by atoms with E-state index >= 15 is 0 Å². The fourth-order valence-electron chi connectivity index (χ4n) is 0.420. The first kappa shape index (κ1) is 17.1. The molecule has 0 aliphatic heterocycles. The van der Waals surface area contributed by atoms with Crippen LogP contribution in [0.4, 0.5) is 26.3 Å². The summed E-state index contributed by atoms with van der Waals surface area (Å²) < 4.78 is 69.1. The van der Waals surface area contributed by atoms with Gasteiger partial charge in [-0.05, 0) is 0 Å². The second kappa shape index (κ2) is 3.94. The topological polar surface area (TPSA) is 60.7 Å². The van der Waals surface area contributed by atoms with E-state index in [1.165, 1.54) is 0 Å². The predicted octanol–water partition coefficient (Wildman–Crippen LogP) is -2.50. The molecule has 3 N–H and O–H groups in total. The third kappa shape index (κ3) is 4.48. The van der Waals surface area contributed by atoms with Crippen molar-refractivity contribution in [1.82, 2.24) is 0 Å². The van der Waals surface area contributed by atoms with Crippen LogP contribution in [0.1, 0.15) is 1.43 Å². The van der Waals surface area contributed by atoms with E-state index in [4.69, 9.17) is 14.7 Å². The molecule has 0 saturated heterocycles. The van der Waals surface area contributed by atoms with Gasteiger partial charge in [-0.15, -0.1) is 0 Å². The molecule has 0 aliphatic rings. The van der Waals surface area contributed by atoms with Gasteiger partial charge in [-0.25, -0.2) is 0 Å². The minimum atomic E-state index is -7.50. The van der Waals surface area contributed by atoms with Crippen molar-refractivity contribution in [3.63, 3.8) is 0 Å². The minimum Gasteiger partial charge on any atom is -1.00 e. The van der Waals surface area contributed by atoms with Crippen molar-refractivity contribution in [2.24, 2.45) is 0 Å². The van der Waals surface area contributed by atoms with Gasteiger partial charge in [0, 0.05) is 0 Å². The van der Waals surface area contributed by atoms with Gasteiger partial charge in [-0.3, -0.25) is 0 Å². The van der Waals surface area contributed by atoms with Gasteiger partial charge in [0.15, 0.2) is 0 Å². The average molecular weight is 258 g/mol. The third-order valence-corrected chi connectivity index (χ3v) is 6.87. The van der Waals surface area contributed by atoms with E-state index in [2.05, 4.69) is 0 Å². The molecule has 0 saturated carbocycles. The smallest absolute Gasteiger partial charge is 1.00 e. The van der Waals surface area contributed by atoms with Crippen LogP contribution >= 0.6 is 6.83 Å². The van der Waals surface area contributed by atoms with Crippen molar-refractivity contribution in [1.29, 1.82) is 0 Å². The molecule has 0 unspecified atom stereocenters. The largest absolute Gasteiger partial charge is 1.00 e. The Morgan fingerprint density at radius 1 is 0.929 bits per heavy atom. The second-order valence-electron chi connectivity index (χ2n) is 2.39. The van der Waals surface area contributed by atoms with Gasteiger partial charge >= 0.3 is 87.6 Å². The summed E-state index contributed by atoms with van der Waals surface area (Å²) in [5.74, 6) is -11.4. The molecule has 0 fully saturated rings. The van der Waals surface area contributed by atoms with Crippen molar-refractivity contribution >= 4 is 16.0 Å². The Morgan fingerprint density at radius 3 is 1.29 bits per heavy atom. The van der Waals surface area contributed by atoms with Crippen LogP contribution in [0.25, 0.3) is 0 Å². The fourth-order valence-corrected chi connectivity index (χ4v) is 3.78. The number of hydrogen-bond acceptors (Lipinski definition) is 3. The zero-order valence-corrected chi connectivity index (χ0v) is 9.07. The molecular weight excluding hydrogens is 252 g/mol. The molecule has 0 rings (SSSR count). The maximum Gasteiger partial charge on any atom is 1.00 e. The van der Waals surface area contributed by atoms with Gasteiger partial charge in [0.05, 0.1) is 0 Å². The van der Waals surface area contributed by atoms with Crippen molar-refractivity contribution in [3.05, 3.63) is 0 Å². The Kier molecular flexibility index (Phi) is 4.81. The summed E-state index contributed by atoms with van der Waals surface area (Å²) in [5.41, 5.74) is 0. The minimum absolute atomic E-state index is 0. The standard InChI is InChI=1S/C2H5F6O3PSi.Li.H/c3-1(4,5)12(9,10,11)13-2(6,7)8;;/h9-11H,13H2;;/q;+1;-1. The Morgan fingerprint density at radius 2 is 1.21 bits per heavy atom. The summed E-state index contributed by atoms with van der Waals surface area (Å²) in [4.78, 5) is 24.3. The maximum absolute atomic E-state index is 11.6. The van der Waals surface area contributed by atoms with E-state index in [0.717, 1.165) is 0 Å². The quantitative estimate of drug-likeness (QED) is 0.277. The van der Waals surface area contributed by atoms with Crippen LogP contribution in [0.5, 0.6) is 0 Å². The molecule has 0 aromatic heterocycles. The first-order valence-corrected chi connectivity index (χ1v) is 7.51. The van der Waals surface area contributed by atoms with Crippen LogP contribution in [-0.4, -0.2) is 35.6 Å². The van der Waals surface area contributed by atoms with Crippen LogP contribution in [-0.2, 0) is 0 Å². The molecule has 0 atom stereocenters. The molecule has 84 valence electrons. The first-order chi connectivity index (χ1) is 5.24. The van der Waals surface area contributed by atoms with Gasteiger partial charge in [0.1, 0.15) is 0 Å².